The van der Waals surface area contributed by atoms with Gasteiger partial charge in [-0.15, -0.1) is 0 Å². The fourth-order valence-corrected chi connectivity index (χ4v) is 2.59. The second kappa shape index (κ2) is 6.01. The van der Waals surface area contributed by atoms with Gasteiger partial charge in [0, 0.05) is 6.54 Å². The van der Waals surface area contributed by atoms with Gasteiger partial charge in [-0.05, 0) is 34.3 Å². The summed E-state index contributed by atoms with van der Waals surface area (Å²) in [5.41, 5.74) is 1.44. The summed E-state index contributed by atoms with van der Waals surface area (Å²) in [6.07, 6.45) is 3.01. The van der Waals surface area contributed by atoms with Crippen molar-refractivity contribution in [3.63, 3.8) is 0 Å². The Morgan fingerprint density at radius 1 is 1.41 bits per heavy atom. The van der Waals surface area contributed by atoms with Gasteiger partial charge in [0.1, 0.15) is 0 Å². The molecule has 1 unspecified atom stereocenters. The second-order valence-electron chi connectivity index (χ2n) is 5.46. The quantitative estimate of drug-likeness (QED) is 0.897. The number of halogens is 1. The standard InChI is InChI=1S/C13H24BrN3/c1-6-8-17-11(10(14)9-16-17)12(15-7-2)13(3,4)5/h9,12,15H,6-8H2,1-5H3. The highest BCUT2D eigenvalue weighted by Crippen LogP contribution is 2.36. The average molecular weight is 302 g/mol. The molecule has 98 valence electrons. The number of nitrogens with one attached hydrogen (secondary N) is 1. The maximum absolute atomic E-state index is 4.45. The number of nitrogens with zero attached hydrogens (tertiary/aromatic N) is 2. The molecule has 17 heavy (non-hydrogen) atoms. The third-order valence-corrected chi connectivity index (χ3v) is 3.43. The molecule has 0 saturated carbocycles. The van der Waals surface area contributed by atoms with Crippen LogP contribution in [0.25, 0.3) is 0 Å². The molecule has 0 saturated heterocycles. The molecule has 3 nitrogen and oxygen atoms in total. The van der Waals surface area contributed by atoms with Crippen LogP contribution >= 0.6 is 15.9 Å². The zero-order chi connectivity index (χ0) is 13.1. The Morgan fingerprint density at radius 2 is 2.06 bits per heavy atom. The van der Waals surface area contributed by atoms with Crippen molar-refractivity contribution >= 4 is 15.9 Å². The van der Waals surface area contributed by atoms with E-state index in [1.54, 1.807) is 0 Å². The first-order valence-corrected chi connectivity index (χ1v) is 7.15. The van der Waals surface area contributed by atoms with Gasteiger partial charge < -0.3 is 5.32 Å². The van der Waals surface area contributed by atoms with Crippen molar-refractivity contribution < 1.29 is 0 Å². The lowest BCUT2D eigenvalue weighted by Gasteiger charge is -2.32. The van der Waals surface area contributed by atoms with Crippen molar-refractivity contribution in [3.8, 4) is 0 Å². The lowest BCUT2D eigenvalue weighted by Crippen LogP contribution is -2.34. The minimum atomic E-state index is 0.171. The topological polar surface area (TPSA) is 29.9 Å². The van der Waals surface area contributed by atoms with Gasteiger partial charge in [0.25, 0.3) is 0 Å². The van der Waals surface area contributed by atoms with E-state index in [1.807, 2.05) is 6.20 Å². The van der Waals surface area contributed by atoms with Gasteiger partial charge in [-0.3, -0.25) is 4.68 Å². The van der Waals surface area contributed by atoms with Crippen LogP contribution in [-0.4, -0.2) is 16.3 Å². The Balaban J connectivity index is 3.12. The molecule has 0 fully saturated rings. The van der Waals surface area contributed by atoms with Crippen LogP contribution in [0.3, 0.4) is 0 Å². The number of rotatable bonds is 5. The van der Waals surface area contributed by atoms with Gasteiger partial charge in [-0.25, -0.2) is 0 Å². The van der Waals surface area contributed by atoms with Crippen molar-refractivity contribution in [1.82, 2.24) is 15.1 Å². The predicted octanol–water partition coefficient (Wildman–Crippen LogP) is 3.75. The summed E-state index contributed by atoms with van der Waals surface area (Å²) in [4.78, 5) is 0. The maximum atomic E-state index is 4.45. The van der Waals surface area contributed by atoms with E-state index in [-0.39, 0.29) is 5.41 Å². The number of aryl methyl sites for hydroxylation is 1. The summed E-state index contributed by atoms with van der Waals surface area (Å²) in [7, 11) is 0. The molecule has 0 radical (unpaired) electrons. The minimum absolute atomic E-state index is 0.171. The summed E-state index contributed by atoms with van der Waals surface area (Å²) in [5, 5.41) is 8.03. The normalized spacial score (nSPS) is 14.0. The molecule has 1 heterocycles. The van der Waals surface area contributed by atoms with Crippen LogP contribution in [-0.2, 0) is 6.54 Å². The minimum Gasteiger partial charge on any atom is -0.308 e. The van der Waals surface area contributed by atoms with Crippen molar-refractivity contribution in [2.45, 2.75) is 53.6 Å². The van der Waals surface area contributed by atoms with E-state index in [1.165, 1.54) is 5.69 Å². The monoisotopic (exact) mass is 301 g/mol. The molecule has 0 amide bonds. The zero-order valence-electron chi connectivity index (χ0n) is 11.5. The van der Waals surface area contributed by atoms with Crippen molar-refractivity contribution in [2.24, 2.45) is 5.41 Å². The van der Waals surface area contributed by atoms with E-state index in [0.717, 1.165) is 24.0 Å². The highest BCUT2D eigenvalue weighted by Gasteiger charge is 2.30. The highest BCUT2D eigenvalue weighted by atomic mass is 79.9. The van der Waals surface area contributed by atoms with Gasteiger partial charge in [0.15, 0.2) is 0 Å². The zero-order valence-corrected chi connectivity index (χ0v) is 13.1. The number of aromatic nitrogens is 2. The summed E-state index contributed by atoms with van der Waals surface area (Å²) in [5.74, 6) is 0. The fourth-order valence-electron chi connectivity index (χ4n) is 2.07. The predicted molar refractivity (Wildman–Crippen MR) is 76.1 cm³/mol. The molecule has 0 aliphatic heterocycles. The van der Waals surface area contributed by atoms with Crippen LogP contribution in [0, 0.1) is 5.41 Å². The van der Waals surface area contributed by atoms with Crippen LogP contribution < -0.4 is 5.32 Å². The summed E-state index contributed by atoms with van der Waals surface area (Å²) in [6, 6.07) is 0.316. The van der Waals surface area contributed by atoms with E-state index in [2.05, 4.69) is 65.6 Å². The molecule has 0 aromatic carbocycles. The summed E-state index contributed by atoms with van der Waals surface area (Å²) >= 11 is 3.63. The molecular formula is C13H24BrN3. The third-order valence-electron chi connectivity index (χ3n) is 2.82. The van der Waals surface area contributed by atoms with Crippen molar-refractivity contribution in [2.75, 3.05) is 6.54 Å². The second-order valence-corrected chi connectivity index (χ2v) is 6.31. The van der Waals surface area contributed by atoms with E-state index in [9.17, 15) is 0 Å². The number of hydrogen-bond acceptors (Lipinski definition) is 2. The first-order chi connectivity index (χ1) is 7.91. The third kappa shape index (κ3) is 3.55. The van der Waals surface area contributed by atoms with E-state index in [0.29, 0.717) is 6.04 Å². The Morgan fingerprint density at radius 3 is 2.53 bits per heavy atom. The smallest absolute Gasteiger partial charge is 0.0701 e. The first kappa shape index (κ1) is 14.7. The van der Waals surface area contributed by atoms with E-state index < -0.39 is 0 Å². The molecule has 0 aliphatic rings. The molecule has 0 spiro atoms. The van der Waals surface area contributed by atoms with E-state index >= 15 is 0 Å². The van der Waals surface area contributed by atoms with Crippen LogP contribution in [0.1, 0.15) is 52.8 Å². The molecule has 0 bridgehead atoms. The molecule has 1 atom stereocenters. The molecule has 1 aromatic heterocycles. The van der Waals surface area contributed by atoms with Gasteiger partial charge in [0.05, 0.1) is 22.4 Å². The molecule has 4 heteroatoms. The van der Waals surface area contributed by atoms with Crippen LogP contribution in [0.15, 0.2) is 10.7 Å². The maximum Gasteiger partial charge on any atom is 0.0701 e. The van der Waals surface area contributed by atoms with Crippen molar-refractivity contribution in [1.29, 1.82) is 0 Å². The van der Waals surface area contributed by atoms with Crippen molar-refractivity contribution in [3.05, 3.63) is 16.4 Å². The Kier molecular flexibility index (Phi) is 5.20. The Hall–Kier alpha value is -0.350. The molecule has 0 aliphatic carbocycles. The SMILES string of the molecule is CCCn1ncc(Br)c1C(NCC)C(C)(C)C. The average Bonchev–Trinajstić information content (AvgIpc) is 2.56. The van der Waals surface area contributed by atoms with Crippen LogP contribution in [0.5, 0.6) is 0 Å². The Labute approximate surface area is 113 Å². The molecular weight excluding hydrogens is 278 g/mol. The first-order valence-electron chi connectivity index (χ1n) is 6.36. The molecule has 1 aromatic rings. The van der Waals surface area contributed by atoms with Gasteiger partial charge in [-0.2, -0.15) is 5.10 Å². The van der Waals surface area contributed by atoms with Crippen LogP contribution in [0.2, 0.25) is 0 Å². The van der Waals surface area contributed by atoms with E-state index in [4.69, 9.17) is 0 Å². The Bertz CT molecular complexity index is 352. The summed E-state index contributed by atoms with van der Waals surface area (Å²) in [6.45, 7) is 13.0. The lowest BCUT2D eigenvalue weighted by molar-refractivity contribution is 0.261. The number of hydrogen-bond donors (Lipinski definition) is 1. The van der Waals surface area contributed by atoms with Crippen LogP contribution in [0.4, 0.5) is 0 Å². The summed E-state index contributed by atoms with van der Waals surface area (Å²) < 4.78 is 3.22. The molecule has 1 rings (SSSR count). The van der Waals surface area contributed by atoms with Gasteiger partial charge in [0.2, 0.25) is 0 Å². The van der Waals surface area contributed by atoms with Gasteiger partial charge in [-0.1, -0.05) is 34.6 Å². The molecule has 1 N–H and O–H groups in total. The lowest BCUT2D eigenvalue weighted by atomic mass is 9.84. The van der Waals surface area contributed by atoms with Gasteiger partial charge >= 0.3 is 0 Å². The largest absolute Gasteiger partial charge is 0.308 e. The highest BCUT2D eigenvalue weighted by molar-refractivity contribution is 9.10. The fraction of sp³-hybridized carbons (Fsp3) is 0.769.